The topological polar surface area (TPSA) is 71.1 Å². The van der Waals surface area contributed by atoms with Crippen LogP contribution < -0.4 is 14.3 Å². The minimum absolute atomic E-state index is 0. The van der Waals surface area contributed by atoms with Crippen LogP contribution in [0, 0.1) is 0 Å². The number of benzene rings is 2. The van der Waals surface area contributed by atoms with E-state index in [1.807, 2.05) is 0 Å². The van der Waals surface area contributed by atoms with E-state index in [-0.39, 0.29) is 12.4 Å². The lowest BCUT2D eigenvalue weighted by Gasteiger charge is -2.30. The molecule has 1 atom stereocenters. The molecule has 2 aromatic carbocycles. The van der Waals surface area contributed by atoms with E-state index < -0.39 is 10.0 Å². The predicted octanol–water partition coefficient (Wildman–Crippen LogP) is 3.21. The number of sulfonamides is 1. The summed E-state index contributed by atoms with van der Waals surface area (Å²) in [5.74, 6) is 2.38. The Morgan fingerprint density at radius 1 is 1.15 bits per heavy atom. The van der Waals surface area contributed by atoms with Gasteiger partial charge in [0, 0.05) is 31.7 Å². The molecule has 33 heavy (non-hydrogen) atoms. The summed E-state index contributed by atoms with van der Waals surface area (Å²) in [5.41, 5.74) is 6.46. The Morgan fingerprint density at radius 2 is 1.97 bits per heavy atom. The van der Waals surface area contributed by atoms with Crippen molar-refractivity contribution in [3.05, 3.63) is 58.1 Å². The summed E-state index contributed by atoms with van der Waals surface area (Å²) in [6, 6.07) is 10.8. The van der Waals surface area contributed by atoms with Crippen LogP contribution in [0.4, 0.5) is 0 Å². The fourth-order valence-corrected chi connectivity index (χ4v) is 5.84. The zero-order valence-electron chi connectivity index (χ0n) is 19.2. The number of ether oxygens (including phenoxy) is 2. The van der Waals surface area contributed by atoms with Crippen LogP contribution in [0.3, 0.4) is 0 Å². The van der Waals surface area contributed by atoms with Gasteiger partial charge < -0.3 is 14.4 Å². The largest absolute Gasteiger partial charge is 0.454 e. The molecule has 2 heterocycles. The van der Waals surface area contributed by atoms with E-state index in [4.69, 9.17) is 9.47 Å². The number of hydrazine groups is 1. The van der Waals surface area contributed by atoms with Gasteiger partial charge in [0.1, 0.15) is 0 Å². The maximum absolute atomic E-state index is 11.5. The van der Waals surface area contributed by atoms with Crippen molar-refractivity contribution < 1.29 is 17.9 Å². The molecule has 0 amide bonds. The van der Waals surface area contributed by atoms with Crippen molar-refractivity contribution in [1.29, 1.82) is 0 Å². The van der Waals surface area contributed by atoms with E-state index in [0.717, 1.165) is 37.4 Å². The lowest BCUT2D eigenvalue weighted by Crippen LogP contribution is -2.37. The van der Waals surface area contributed by atoms with Crippen LogP contribution in [0.1, 0.15) is 46.6 Å². The molecule has 7 nitrogen and oxygen atoms in total. The molecule has 5 rings (SSSR count). The number of nitrogens with one attached hydrogen (secondary N) is 1. The average molecular weight is 494 g/mol. The fraction of sp³-hybridized carbons (Fsp3) is 0.500. The molecule has 2 aliphatic heterocycles. The highest BCUT2D eigenvalue weighted by Crippen LogP contribution is 2.44. The van der Waals surface area contributed by atoms with Crippen molar-refractivity contribution in [3.63, 3.8) is 0 Å². The van der Waals surface area contributed by atoms with Gasteiger partial charge in [0.25, 0.3) is 0 Å². The summed E-state index contributed by atoms with van der Waals surface area (Å²) in [7, 11) is -1.04. The third kappa shape index (κ3) is 5.46. The Balaban J connectivity index is 0.00000259. The first-order chi connectivity index (χ1) is 15.4. The van der Waals surface area contributed by atoms with Gasteiger partial charge in [0.15, 0.2) is 11.5 Å². The summed E-state index contributed by atoms with van der Waals surface area (Å²) < 4.78 is 34.3. The van der Waals surface area contributed by atoms with E-state index in [2.05, 4.69) is 47.1 Å². The van der Waals surface area contributed by atoms with E-state index in [1.54, 1.807) is 5.01 Å². The first-order valence-corrected chi connectivity index (χ1v) is 13.2. The molecule has 0 saturated heterocycles. The minimum Gasteiger partial charge on any atom is -0.454 e. The first kappa shape index (κ1) is 24.3. The van der Waals surface area contributed by atoms with Gasteiger partial charge >= 0.3 is 0 Å². The highest BCUT2D eigenvalue weighted by molar-refractivity contribution is 7.88. The van der Waals surface area contributed by atoms with Gasteiger partial charge in [-0.3, -0.25) is 0 Å². The average Bonchev–Trinajstić information content (AvgIpc) is 3.37. The molecule has 2 aromatic rings. The third-order valence-electron chi connectivity index (χ3n) is 6.70. The molecular weight excluding hydrogens is 462 g/mol. The Kier molecular flexibility index (Phi) is 7.21. The highest BCUT2D eigenvalue weighted by atomic mass is 35.5. The number of hydrogen-bond donors (Lipinski definition) is 1. The van der Waals surface area contributed by atoms with Crippen LogP contribution in [0.2, 0.25) is 0 Å². The van der Waals surface area contributed by atoms with Crippen LogP contribution in [-0.2, 0) is 36.0 Å². The molecule has 0 aromatic heterocycles. The molecule has 9 heteroatoms. The molecule has 0 radical (unpaired) electrons. The van der Waals surface area contributed by atoms with Crippen LogP contribution >= 0.6 is 12.4 Å². The van der Waals surface area contributed by atoms with Crippen molar-refractivity contribution in [2.75, 3.05) is 33.2 Å². The molecule has 0 bridgehead atoms. The number of halogens is 1. The summed E-state index contributed by atoms with van der Waals surface area (Å²) in [6.07, 6.45) is 5.63. The zero-order valence-corrected chi connectivity index (χ0v) is 20.8. The van der Waals surface area contributed by atoms with Crippen molar-refractivity contribution in [2.24, 2.45) is 0 Å². The Morgan fingerprint density at radius 3 is 2.79 bits per heavy atom. The molecule has 0 spiro atoms. The molecule has 0 saturated carbocycles. The predicted molar refractivity (Wildman–Crippen MR) is 130 cm³/mol. The van der Waals surface area contributed by atoms with Crippen molar-refractivity contribution >= 4 is 22.4 Å². The van der Waals surface area contributed by atoms with Crippen molar-refractivity contribution in [2.45, 2.75) is 44.7 Å². The third-order valence-corrected chi connectivity index (χ3v) is 7.29. The maximum atomic E-state index is 11.5. The van der Waals surface area contributed by atoms with Crippen LogP contribution in [0.25, 0.3) is 0 Å². The highest BCUT2D eigenvalue weighted by Gasteiger charge is 2.28. The van der Waals surface area contributed by atoms with Crippen molar-refractivity contribution in [1.82, 2.24) is 14.7 Å². The smallest absolute Gasteiger partial charge is 0.231 e. The van der Waals surface area contributed by atoms with E-state index >= 15 is 0 Å². The van der Waals surface area contributed by atoms with E-state index in [1.165, 1.54) is 46.9 Å². The first-order valence-electron chi connectivity index (χ1n) is 11.3. The van der Waals surface area contributed by atoms with Crippen LogP contribution in [0.15, 0.2) is 30.3 Å². The minimum atomic E-state index is -3.24. The van der Waals surface area contributed by atoms with Gasteiger partial charge in [-0.25, -0.2) is 13.4 Å². The molecule has 180 valence electrons. The Bertz CT molecular complexity index is 1120. The molecule has 0 fully saturated rings. The summed E-state index contributed by atoms with van der Waals surface area (Å²) in [5, 5.41) is 1.75. The normalized spacial score (nSPS) is 19.3. The van der Waals surface area contributed by atoms with Gasteiger partial charge in [-0.05, 0) is 67.0 Å². The number of fused-ring (bicyclic) bond motifs is 4. The van der Waals surface area contributed by atoms with Gasteiger partial charge in [-0.2, -0.15) is 0 Å². The zero-order chi connectivity index (χ0) is 22.3. The number of rotatable bonds is 7. The number of nitrogens with zero attached hydrogens (tertiary/aromatic N) is 2. The second-order valence-corrected chi connectivity index (χ2v) is 11.0. The monoisotopic (exact) mass is 493 g/mol. The van der Waals surface area contributed by atoms with E-state index in [9.17, 15) is 8.42 Å². The van der Waals surface area contributed by atoms with Gasteiger partial charge in [0.05, 0.1) is 6.26 Å². The lowest BCUT2D eigenvalue weighted by molar-refractivity contribution is 0.173. The van der Waals surface area contributed by atoms with Gasteiger partial charge in [0.2, 0.25) is 16.8 Å². The molecule has 1 N–H and O–H groups in total. The van der Waals surface area contributed by atoms with E-state index in [0.29, 0.717) is 25.8 Å². The van der Waals surface area contributed by atoms with Crippen LogP contribution in [0.5, 0.6) is 11.5 Å². The molecular formula is C24H32ClN3O4S. The number of likely N-dealkylation sites (N-methyl/N-ethyl adjacent to an activating group) is 1. The summed E-state index contributed by atoms with van der Waals surface area (Å²) in [4.78, 5) is 5.01. The SMILES string of the molecule is CN(CCc1ccc2c(c1)CN(NS(C)(=O)=O)C2)C[C@@H]1CCCc2c1ccc1c2OCO1.Cl. The molecule has 0 unspecified atom stereocenters. The summed E-state index contributed by atoms with van der Waals surface area (Å²) >= 11 is 0. The second kappa shape index (κ2) is 9.80. The molecule has 3 aliphatic rings. The number of hydrogen-bond acceptors (Lipinski definition) is 6. The molecule has 1 aliphatic carbocycles. The van der Waals surface area contributed by atoms with Crippen LogP contribution in [-0.4, -0.2) is 51.5 Å². The van der Waals surface area contributed by atoms with Crippen molar-refractivity contribution in [3.8, 4) is 11.5 Å². The summed E-state index contributed by atoms with van der Waals surface area (Å²) in [6.45, 7) is 3.58. The lowest BCUT2D eigenvalue weighted by atomic mass is 9.82. The standard InChI is InChI=1S/C24H31N3O4S.ClH/c1-26(13-19-4-3-5-22-21(19)8-9-23-24(22)31-16-30-23)11-10-17-6-7-18-14-27(15-20(18)12-17)25-32(2,28)29;/h6-9,12,19,25H,3-5,10-11,13-16H2,1-2H3;1H/t19-;/m0./s1. The Labute approximate surface area is 202 Å². The fourth-order valence-electron chi connectivity index (χ4n) is 5.25. The quantitative estimate of drug-likeness (QED) is 0.638. The second-order valence-electron chi connectivity index (χ2n) is 9.29. The Hall–Kier alpha value is -1.84. The maximum Gasteiger partial charge on any atom is 0.231 e. The van der Waals surface area contributed by atoms with Gasteiger partial charge in [-0.1, -0.05) is 24.3 Å². The van der Waals surface area contributed by atoms with Gasteiger partial charge in [-0.15, -0.1) is 17.2 Å².